The molecule has 9 heteroatoms. The van der Waals surface area contributed by atoms with Crippen LogP contribution in [0.25, 0.3) is 0 Å². The number of alkyl halides is 3. The number of carbonyl (C=O) groups is 2. The number of para-hydroxylation sites is 1. The summed E-state index contributed by atoms with van der Waals surface area (Å²) in [6, 6.07) is 18.4. The standard InChI is InChI=1S/C24H21F3N2O4/c1-29(15-16-7-11-19(12-8-16)33-24(25,26)27)23(31)20-5-3-4-6-21(20)28-22(30)17-9-13-18(32-2)14-10-17/h3-14H,15H2,1-2H3,(H,28,30). The molecule has 0 bridgehead atoms. The zero-order valence-corrected chi connectivity index (χ0v) is 17.8. The predicted octanol–water partition coefficient (Wildman–Crippen LogP) is 5.12. The number of ether oxygens (including phenoxy) is 2. The lowest BCUT2D eigenvalue weighted by molar-refractivity contribution is -0.274. The molecule has 0 saturated carbocycles. The lowest BCUT2D eigenvalue weighted by Crippen LogP contribution is -2.27. The van der Waals surface area contributed by atoms with Crippen molar-refractivity contribution >= 4 is 17.5 Å². The van der Waals surface area contributed by atoms with Crippen LogP contribution in [-0.4, -0.2) is 37.2 Å². The van der Waals surface area contributed by atoms with Crippen molar-refractivity contribution in [3.63, 3.8) is 0 Å². The minimum Gasteiger partial charge on any atom is -0.497 e. The lowest BCUT2D eigenvalue weighted by atomic mass is 10.1. The Morgan fingerprint density at radius 3 is 2.12 bits per heavy atom. The smallest absolute Gasteiger partial charge is 0.497 e. The number of carbonyl (C=O) groups excluding carboxylic acids is 2. The van der Waals surface area contributed by atoms with Crippen LogP contribution in [0.4, 0.5) is 18.9 Å². The number of nitrogens with zero attached hydrogens (tertiary/aromatic N) is 1. The van der Waals surface area contributed by atoms with Crippen molar-refractivity contribution in [1.29, 1.82) is 0 Å². The number of methoxy groups -OCH3 is 1. The third-order valence-corrected chi connectivity index (χ3v) is 4.68. The van der Waals surface area contributed by atoms with Crippen molar-refractivity contribution in [2.45, 2.75) is 12.9 Å². The minimum atomic E-state index is -4.77. The second kappa shape index (κ2) is 10.1. The van der Waals surface area contributed by atoms with Gasteiger partial charge in [-0.1, -0.05) is 24.3 Å². The Kier molecular flexibility index (Phi) is 7.22. The number of amides is 2. The van der Waals surface area contributed by atoms with Crippen LogP contribution in [0.5, 0.6) is 11.5 Å². The topological polar surface area (TPSA) is 67.9 Å². The average molecular weight is 458 g/mol. The summed E-state index contributed by atoms with van der Waals surface area (Å²) in [7, 11) is 3.09. The largest absolute Gasteiger partial charge is 0.573 e. The molecule has 33 heavy (non-hydrogen) atoms. The maximum absolute atomic E-state index is 13.0. The average Bonchev–Trinajstić information content (AvgIpc) is 2.79. The van der Waals surface area contributed by atoms with Crippen molar-refractivity contribution < 1.29 is 32.2 Å². The van der Waals surface area contributed by atoms with Crippen molar-refractivity contribution in [2.75, 3.05) is 19.5 Å². The quantitative estimate of drug-likeness (QED) is 0.534. The number of anilines is 1. The summed E-state index contributed by atoms with van der Waals surface area (Å²) in [5.74, 6) is -0.481. The number of hydrogen-bond donors (Lipinski definition) is 1. The van der Waals surface area contributed by atoms with Crippen molar-refractivity contribution in [2.24, 2.45) is 0 Å². The molecule has 6 nitrogen and oxygen atoms in total. The molecule has 0 spiro atoms. The van der Waals surface area contributed by atoms with E-state index in [4.69, 9.17) is 4.74 Å². The number of halogens is 3. The Hall–Kier alpha value is -4.01. The van der Waals surface area contributed by atoms with Crippen LogP contribution in [0.15, 0.2) is 72.8 Å². The Morgan fingerprint density at radius 2 is 1.52 bits per heavy atom. The zero-order chi connectivity index (χ0) is 24.0. The molecular weight excluding hydrogens is 437 g/mol. The normalized spacial score (nSPS) is 10.9. The fourth-order valence-electron chi connectivity index (χ4n) is 3.06. The van der Waals surface area contributed by atoms with E-state index < -0.39 is 6.36 Å². The van der Waals surface area contributed by atoms with Gasteiger partial charge in [0.25, 0.3) is 11.8 Å². The molecule has 0 fully saturated rings. The van der Waals surface area contributed by atoms with E-state index in [1.807, 2.05) is 0 Å². The van der Waals surface area contributed by atoms with Crippen LogP contribution in [0.1, 0.15) is 26.3 Å². The molecule has 0 aliphatic rings. The zero-order valence-electron chi connectivity index (χ0n) is 17.8. The van der Waals surface area contributed by atoms with Gasteiger partial charge in [0, 0.05) is 19.2 Å². The van der Waals surface area contributed by atoms with Crippen LogP contribution in [-0.2, 0) is 6.54 Å². The molecule has 0 aliphatic heterocycles. The molecule has 0 heterocycles. The molecular formula is C24H21F3N2O4. The highest BCUT2D eigenvalue weighted by atomic mass is 19.4. The maximum atomic E-state index is 13.0. The molecule has 0 atom stereocenters. The lowest BCUT2D eigenvalue weighted by Gasteiger charge is -2.20. The monoisotopic (exact) mass is 458 g/mol. The summed E-state index contributed by atoms with van der Waals surface area (Å²) in [5.41, 5.74) is 1.62. The van der Waals surface area contributed by atoms with Gasteiger partial charge in [-0.15, -0.1) is 13.2 Å². The van der Waals surface area contributed by atoms with Gasteiger partial charge >= 0.3 is 6.36 Å². The summed E-state index contributed by atoms with van der Waals surface area (Å²) < 4.78 is 45.9. The van der Waals surface area contributed by atoms with Gasteiger partial charge in [0.2, 0.25) is 0 Å². The summed E-state index contributed by atoms with van der Waals surface area (Å²) in [5, 5.41) is 2.74. The van der Waals surface area contributed by atoms with E-state index in [0.717, 1.165) is 0 Å². The van der Waals surface area contributed by atoms with Crippen LogP contribution in [0, 0.1) is 0 Å². The third-order valence-electron chi connectivity index (χ3n) is 4.68. The highest BCUT2D eigenvalue weighted by molar-refractivity contribution is 6.09. The van der Waals surface area contributed by atoms with E-state index in [0.29, 0.717) is 22.6 Å². The van der Waals surface area contributed by atoms with E-state index in [-0.39, 0.29) is 29.7 Å². The first-order valence-electron chi connectivity index (χ1n) is 9.81. The molecule has 3 aromatic rings. The first-order chi connectivity index (χ1) is 15.7. The van der Waals surface area contributed by atoms with Crippen molar-refractivity contribution in [3.05, 3.63) is 89.5 Å². The van der Waals surface area contributed by atoms with Crippen LogP contribution in [0.2, 0.25) is 0 Å². The Morgan fingerprint density at radius 1 is 0.909 bits per heavy atom. The molecule has 0 radical (unpaired) electrons. The number of rotatable bonds is 7. The van der Waals surface area contributed by atoms with E-state index >= 15 is 0 Å². The predicted molar refractivity (Wildman–Crippen MR) is 116 cm³/mol. The first kappa shape index (κ1) is 23.6. The SMILES string of the molecule is COc1ccc(C(=O)Nc2ccccc2C(=O)N(C)Cc2ccc(OC(F)(F)F)cc2)cc1. The van der Waals surface area contributed by atoms with Gasteiger partial charge in [-0.3, -0.25) is 9.59 Å². The third kappa shape index (κ3) is 6.49. The Bertz CT molecular complexity index is 1110. The molecule has 3 rings (SSSR count). The van der Waals surface area contributed by atoms with Gasteiger partial charge in [0.1, 0.15) is 11.5 Å². The molecule has 0 aromatic heterocycles. The molecule has 172 valence electrons. The second-order valence-electron chi connectivity index (χ2n) is 7.08. The fourth-order valence-corrected chi connectivity index (χ4v) is 3.06. The molecule has 2 amide bonds. The molecule has 0 saturated heterocycles. The van der Waals surface area contributed by atoms with Gasteiger partial charge in [-0.25, -0.2) is 0 Å². The van der Waals surface area contributed by atoms with Gasteiger partial charge in [0.15, 0.2) is 0 Å². The number of benzene rings is 3. The molecule has 3 aromatic carbocycles. The minimum absolute atomic E-state index is 0.145. The second-order valence-corrected chi connectivity index (χ2v) is 7.08. The van der Waals surface area contributed by atoms with E-state index in [1.165, 1.54) is 36.3 Å². The van der Waals surface area contributed by atoms with Crippen LogP contribution in [0.3, 0.4) is 0 Å². The van der Waals surface area contributed by atoms with Crippen LogP contribution >= 0.6 is 0 Å². The number of hydrogen-bond acceptors (Lipinski definition) is 4. The first-order valence-corrected chi connectivity index (χ1v) is 9.81. The molecule has 1 N–H and O–H groups in total. The Labute approximate surface area is 188 Å². The van der Waals surface area contributed by atoms with E-state index in [2.05, 4.69) is 10.1 Å². The summed E-state index contributed by atoms with van der Waals surface area (Å²) in [6.45, 7) is 0.145. The number of nitrogens with one attached hydrogen (secondary N) is 1. The highest BCUT2D eigenvalue weighted by Crippen LogP contribution is 2.24. The van der Waals surface area contributed by atoms with Gasteiger partial charge < -0.3 is 19.7 Å². The van der Waals surface area contributed by atoms with Crippen LogP contribution < -0.4 is 14.8 Å². The maximum Gasteiger partial charge on any atom is 0.573 e. The molecule has 0 aliphatic carbocycles. The van der Waals surface area contributed by atoms with Gasteiger partial charge in [-0.2, -0.15) is 0 Å². The van der Waals surface area contributed by atoms with E-state index in [1.54, 1.807) is 55.6 Å². The van der Waals surface area contributed by atoms with E-state index in [9.17, 15) is 22.8 Å². The fraction of sp³-hybridized carbons (Fsp3) is 0.167. The summed E-state index contributed by atoms with van der Waals surface area (Å²) in [4.78, 5) is 27.0. The summed E-state index contributed by atoms with van der Waals surface area (Å²) >= 11 is 0. The van der Waals surface area contributed by atoms with Gasteiger partial charge in [-0.05, 0) is 54.1 Å². The highest BCUT2D eigenvalue weighted by Gasteiger charge is 2.31. The van der Waals surface area contributed by atoms with Crippen molar-refractivity contribution in [1.82, 2.24) is 4.90 Å². The summed E-state index contributed by atoms with van der Waals surface area (Å²) in [6.07, 6.45) is -4.77. The van der Waals surface area contributed by atoms with Gasteiger partial charge in [0.05, 0.1) is 18.4 Å². The van der Waals surface area contributed by atoms with Crippen molar-refractivity contribution in [3.8, 4) is 11.5 Å². The Balaban J connectivity index is 1.70. The molecule has 0 unspecified atom stereocenters.